The zero-order valence-corrected chi connectivity index (χ0v) is 6.60. The number of halogens is 4. The first kappa shape index (κ1) is 10.5. The van der Waals surface area contributed by atoms with Crippen LogP contribution < -0.4 is 0 Å². The van der Waals surface area contributed by atoms with E-state index in [1.807, 2.05) is 0 Å². The molecule has 0 unspecified atom stereocenters. The van der Waals surface area contributed by atoms with Gasteiger partial charge in [0.25, 0.3) is 6.43 Å². The van der Waals surface area contributed by atoms with Crippen molar-refractivity contribution >= 4 is 5.97 Å². The smallest absolute Gasteiger partial charge is 0.338 e. The van der Waals surface area contributed by atoms with E-state index in [-0.39, 0.29) is 0 Å². The fraction of sp³-hybridized carbons (Fsp3) is 0.125. The Bertz CT molecular complexity index is 376. The van der Waals surface area contributed by atoms with Crippen LogP contribution >= 0.6 is 0 Å². The van der Waals surface area contributed by atoms with Crippen molar-refractivity contribution in [2.75, 3.05) is 0 Å². The number of rotatable bonds is 2. The monoisotopic (exact) mass is 208 g/mol. The first-order valence-electron chi connectivity index (χ1n) is 3.44. The first-order valence-corrected chi connectivity index (χ1v) is 3.44. The molecular formula is C8H4F4O2. The molecule has 0 amide bonds. The van der Waals surface area contributed by atoms with Crippen LogP contribution in [0.15, 0.2) is 12.1 Å². The Morgan fingerprint density at radius 1 is 1.21 bits per heavy atom. The fourth-order valence-corrected chi connectivity index (χ4v) is 0.898. The van der Waals surface area contributed by atoms with Crippen molar-refractivity contribution in [3.8, 4) is 0 Å². The van der Waals surface area contributed by atoms with Gasteiger partial charge in [0.15, 0.2) is 11.6 Å². The molecule has 0 aliphatic heterocycles. The van der Waals surface area contributed by atoms with Crippen LogP contribution in [0.1, 0.15) is 22.3 Å². The average Bonchev–Trinajstić information content (AvgIpc) is 2.08. The van der Waals surface area contributed by atoms with E-state index in [0.717, 1.165) is 0 Å². The second-order valence-electron chi connectivity index (χ2n) is 2.44. The minimum Gasteiger partial charge on any atom is -0.478 e. The predicted molar refractivity (Wildman–Crippen MR) is 38.3 cm³/mol. The quantitative estimate of drug-likeness (QED) is 0.758. The summed E-state index contributed by atoms with van der Waals surface area (Å²) in [6.45, 7) is 0. The minimum atomic E-state index is -3.17. The van der Waals surface area contributed by atoms with Crippen LogP contribution in [0.3, 0.4) is 0 Å². The number of hydrogen-bond donors (Lipinski definition) is 1. The van der Waals surface area contributed by atoms with Gasteiger partial charge in [-0.25, -0.2) is 22.4 Å². The van der Waals surface area contributed by atoms with Gasteiger partial charge in [-0.1, -0.05) is 0 Å². The molecule has 0 saturated heterocycles. The molecule has 0 aliphatic rings. The number of aromatic carboxylic acids is 1. The summed E-state index contributed by atoms with van der Waals surface area (Å²) >= 11 is 0. The van der Waals surface area contributed by atoms with Crippen LogP contribution in [0.5, 0.6) is 0 Å². The van der Waals surface area contributed by atoms with Gasteiger partial charge in [0.05, 0.1) is 11.1 Å². The normalized spacial score (nSPS) is 10.6. The summed E-state index contributed by atoms with van der Waals surface area (Å²) in [5, 5.41) is 8.33. The molecule has 1 rings (SSSR count). The van der Waals surface area contributed by atoms with Gasteiger partial charge in [0.2, 0.25) is 0 Å². The molecule has 0 spiro atoms. The lowest BCUT2D eigenvalue weighted by Gasteiger charge is -2.04. The highest BCUT2D eigenvalue weighted by Crippen LogP contribution is 2.25. The Balaban J connectivity index is 3.33. The van der Waals surface area contributed by atoms with Crippen LogP contribution in [0.2, 0.25) is 0 Å². The van der Waals surface area contributed by atoms with Crippen LogP contribution in [-0.2, 0) is 0 Å². The van der Waals surface area contributed by atoms with Gasteiger partial charge in [-0.2, -0.15) is 0 Å². The molecule has 0 aliphatic carbocycles. The Morgan fingerprint density at radius 2 is 1.79 bits per heavy atom. The predicted octanol–water partition coefficient (Wildman–Crippen LogP) is 2.60. The van der Waals surface area contributed by atoms with Gasteiger partial charge in [0, 0.05) is 0 Å². The van der Waals surface area contributed by atoms with Crippen molar-refractivity contribution in [1.82, 2.24) is 0 Å². The molecular weight excluding hydrogens is 204 g/mol. The van der Waals surface area contributed by atoms with E-state index >= 15 is 0 Å². The second kappa shape index (κ2) is 3.65. The van der Waals surface area contributed by atoms with Gasteiger partial charge in [-0.05, 0) is 12.1 Å². The molecule has 0 heterocycles. The molecule has 2 nitrogen and oxygen atoms in total. The Morgan fingerprint density at radius 3 is 2.21 bits per heavy atom. The molecule has 1 aromatic carbocycles. The van der Waals surface area contributed by atoms with E-state index in [1.54, 1.807) is 0 Å². The van der Waals surface area contributed by atoms with Crippen molar-refractivity contribution in [2.45, 2.75) is 6.43 Å². The summed E-state index contributed by atoms with van der Waals surface area (Å²) < 4.78 is 49.5. The maximum absolute atomic E-state index is 12.8. The lowest BCUT2D eigenvalue weighted by atomic mass is 10.1. The summed E-state index contributed by atoms with van der Waals surface area (Å²) in [7, 11) is 0. The maximum Gasteiger partial charge on any atom is 0.338 e. The molecule has 0 fully saturated rings. The number of alkyl halides is 2. The van der Waals surface area contributed by atoms with Gasteiger partial charge < -0.3 is 5.11 Å². The Labute approximate surface area is 75.8 Å². The van der Waals surface area contributed by atoms with Crippen molar-refractivity contribution in [1.29, 1.82) is 0 Å². The minimum absolute atomic E-state index is 0.548. The largest absolute Gasteiger partial charge is 0.478 e. The number of carboxylic acid groups (broad SMARTS) is 1. The lowest BCUT2D eigenvalue weighted by Crippen LogP contribution is -2.05. The summed E-state index contributed by atoms with van der Waals surface area (Å²) in [5.41, 5.74) is -2.11. The van der Waals surface area contributed by atoms with Crippen LogP contribution in [0, 0.1) is 11.6 Å². The second-order valence-corrected chi connectivity index (χ2v) is 2.44. The van der Waals surface area contributed by atoms with Crippen molar-refractivity contribution in [3.05, 3.63) is 34.9 Å². The lowest BCUT2D eigenvalue weighted by molar-refractivity contribution is 0.0689. The van der Waals surface area contributed by atoms with E-state index in [9.17, 15) is 22.4 Å². The molecule has 0 atom stereocenters. The van der Waals surface area contributed by atoms with E-state index in [1.165, 1.54) is 0 Å². The Kier molecular flexibility index (Phi) is 2.73. The molecule has 0 aromatic heterocycles. The zero-order valence-electron chi connectivity index (χ0n) is 6.60. The third kappa shape index (κ3) is 1.68. The summed E-state index contributed by atoms with van der Waals surface area (Å²) in [5.74, 6) is -5.29. The maximum atomic E-state index is 12.8. The third-order valence-corrected chi connectivity index (χ3v) is 1.58. The topological polar surface area (TPSA) is 37.3 Å². The van der Waals surface area contributed by atoms with Gasteiger partial charge in [-0.15, -0.1) is 0 Å². The summed E-state index contributed by atoms with van der Waals surface area (Å²) in [6.07, 6.45) is -3.17. The van der Waals surface area contributed by atoms with Gasteiger partial charge >= 0.3 is 5.97 Å². The number of benzene rings is 1. The van der Waals surface area contributed by atoms with Crippen LogP contribution in [-0.4, -0.2) is 11.1 Å². The molecule has 0 bridgehead atoms. The van der Waals surface area contributed by atoms with E-state index in [0.29, 0.717) is 12.1 Å². The summed E-state index contributed by atoms with van der Waals surface area (Å²) in [6, 6.07) is 1.15. The van der Waals surface area contributed by atoms with Crippen molar-refractivity contribution in [2.24, 2.45) is 0 Å². The van der Waals surface area contributed by atoms with Gasteiger partial charge in [-0.3, -0.25) is 0 Å². The average molecular weight is 208 g/mol. The molecule has 1 N–H and O–H groups in total. The summed E-state index contributed by atoms with van der Waals surface area (Å²) in [4.78, 5) is 10.3. The SMILES string of the molecule is O=C(O)c1ccc(C(F)F)c(F)c1F. The van der Waals surface area contributed by atoms with Gasteiger partial charge in [0.1, 0.15) is 0 Å². The van der Waals surface area contributed by atoms with Crippen LogP contribution in [0.4, 0.5) is 17.6 Å². The molecule has 6 heteroatoms. The first-order chi connectivity index (χ1) is 6.45. The molecule has 1 aromatic rings. The van der Waals surface area contributed by atoms with Crippen molar-refractivity contribution in [3.63, 3.8) is 0 Å². The highest BCUT2D eigenvalue weighted by atomic mass is 19.3. The fourth-order valence-electron chi connectivity index (χ4n) is 0.898. The Hall–Kier alpha value is -1.59. The number of carbonyl (C=O) groups is 1. The number of hydrogen-bond acceptors (Lipinski definition) is 1. The molecule has 76 valence electrons. The zero-order chi connectivity index (χ0) is 10.9. The highest BCUT2D eigenvalue weighted by molar-refractivity contribution is 5.88. The molecule has 0 saturated carbocycles. The highest BCUT2D eigenvalue weighted by Gasteiger charge is 2.22. The molecule has 0 radical (unpaired) electrons. The van der Waals surface area contributed by atoms with Crippen LogP contribution in [0.25, 0.3) is 0 Å². The van der Waals surface area contributed by atoms with E-state index in [2.05, 4.69) is 0 Å². The standard InChI is InChI=1S/C8H4F4O2/c9-5-3(7(11)12)1-2-4(6(5)10)8(13)14/h1-2,7H,(H,13,14). The number of carboxylic acids is 1. The van der Waals surface area contributed by atoms with E-state index < -0.39 is 35.2 Å². The van der Waals surface area contributed by atoms with E-state index in [4.69, 9.17) is 5.11 Å². The molecule has 14 heavy (non-hydrogen) atoms. The van der Waals surface area contributed by atoms with Crippen molar-refractivity contribution < 1.29 is 27.5 Å². The third-order valence-electron chi connectivity index (χ3n) is 1.58.